The van der Waals surface area contributed by atoms with Crippen LogP contribution in [-0.2, 0) is 0 Å². The molecule has 0 bridgehead atoms. The molecule has 2 aromatic carbocycles. The van der Waals surface area contributed by atoms with Crippen LogP contribution in [0.5, 0.6) is 0 Å². The Hall–Kier alpha value is -3.10. The molecule has 0 aliphatic rings. The number of nitriles is 1. The van der Waals surface area contributed by atoms with Gasteiger partial charge in [0, 0.05) is 21.6 Å². The Kier molecular flexibility index (Phi) is 3.75. The van der Waals surface area contributed by atoms with Gasteiger partial charge in [-0.1, -0.05) is 52.3 Å². The topological polar surface area (TPSA) is 58.9 Å². The molecule has 2 aromatic heterocycles. The molecule has 0 unspecified atom stereocenters. The number of aromatic nitrogens is 1. The van der Waals surface area contributed by atoms with Crippen LogP contribution in [0.15, 0.2) is 75.8 Å². The zero-order valence-electron chi connectivity index (χ0n) is 12.9. The third-order valence-electron chi connectivity index (χ3n) is 4.01. The smallest absolute Gasteiger partial charge is 0.298 e. The first-order valence-corrected chi connectivity index (χ1v) is 8.38. The van der Waals surface area contributed by atoms with Crippen LogP contribution in [0.2, 0.25) is 0 Å². The number of para-hydroxylation sites is 1. The summed E-state index contributed by atoms with van der Waals surface area (Å²) in [6.07, 6.45) is 1.55. The summed E-state index contributed by atoms with van der Waals surface area (Å²) in [5, 5.41) is 10.0. The number of halogens is 1. The number of hydrogen-bond donors (Lipinski definition) is 0. The first-order chi connectivity index (χ1) is 12.2. The Balaban J connectivity index is 1.79. The van der Waals surface area contributed by atoms with Crippen LogP contribution in [0.1, 0.15) is 16.1 Å². The minimum absolute atomic E-state index is 0.219. The zero-order chi connectivity index (χ0) is 17.4. The van der Waals surface area contributed by atoms with E-state index in [2.05, 4.69) is 22.0 Å². The Morgan fingerprint density at radius 3 is 2.60 bits per heavy atom. The van der Waals surface area contributed by atoms with Crippen LogP contribution < -0.4 is 0 Å². The van der Waals surface area contributed by atoms with Crippen molar-refractivity contribution in [1.29, 1.82) is 5.26 Å². The predicted octanol–water partition coefficient (Wildman–Crippen LogP) is 5.22. The van der Waals surface area contributed by atoms with Gasteiger partial charge in [-0.25, -0.2) is 0 Å². The Morgan fingerprint density at radius 1 is 1.04 bits per heavy atom. The molecule has 25 heavy (non-hydrogen) atoms. The van der Waals surface area contributed by atoms with Crippen LogP contribution in [0.25, 0.3) is 22.2 Å². The third-order valence-corrected chi connectivity index (χ3v) is 4.70. The van der Waals surface area contributed by atoms with Gasteiger partial charge in [0.1, 0.15) is 11.8 Å². The Bertz CT molecular complexity index is 1150. The number of benzene rings is 2. The second kappa shape index (κ2) is 6.08. The van der Waals surface area contributed by atoms with Gasteiger partial charge in [0.15, 0.2) is 5.76 Å². The molecular formula is C20H11BrN2O2. The van der Waals surface area contributed by atoms with E-state index in [1.54, 1.807) is 18.3 Å². The van der Waals surface area contributed by atoms with Gasteiger partial charge in [-0.3, -0.25) is 9.36 Å². The van der Waals surface area contributed by atoms with E-state index in [1.165, 1.54) is 4.57 Å². The second-order valence-electron chi connectivity index (χ2n) is 5.49. The summed E-state index contributed by atoms with van der Waals surface area (Å²) in [6, 6.07) is 20.5. The van der Waals surface area contributed by atoms with Crippen molar-refractivity contribution < 1.29 is 9.21 Å². The van der Waals surface area contributed by atoms with Gasteiger partial charge in [0.05, 0.1) is 11.1 Å². The normalized spacial score (nSPS) is 10.7. The second-order valence-corrected chi connectivity index (χ2v) is 6.34. The zero-order valence-corrected chi connectivity index (χ0v) is 14.5. The quantitative estimate of drug-likeness (QED) is 0.471. The van der Waals surface area contributed by atoms with Gasteiger partial charge in [-0.2, -0.15) is 5.26 Å². The van der Waals surface area contributed by atoms with E-state index in [4.69, 9.17) is 4.42 Å². The molecule has 0 aliphatic heterocycles. The van der Waals surface area contributed by atoms with E-state index in [-0.39, 0.29) is 11.7 Å². The van der Waals surface area contributed by atoms with Gasteiger partial charge in [0.2, 0.25) is 0 Å². The molecule has 5 heteroatoms. The molecular weight excluding hydrogens is 380 g/mol. The monoisotopic (exact) mass is 390 g/mol. The highest BCUT2D eigenvalue weighted by atomic mass is 79.9. The molecule has 0 amide bonds. The largest absolute Gasteiger partial charge is 0.451 e. The molecule has 2 heterocycles. The van der Waals surface area contributed by atoms with Gasteiger partial charge >= 0.3 is 0 Å². The van der Waals surface area contributed by atoms with Crippen molar-refractivity contribution in [2.45, 2.75) is 0 Å². The van der Waals surface area contributed by atoms with Crippen molar-refractivity contribution in [2.24, 2.45) is 0 Å². The number of furan rings is 1. The summed E-state index contributed by atoms with van der Waals surface area (Å²) in [5.41, 5.74) is 2.01. The lowest BCUT2D eigenvalue weighted by Crippen LogP contribution is -2.09. The van der Waals surface area contributed by atoms with Crippen LogP contribution >= 0.6 is 15.9 Å². The number of fused-ring (bicyclic) bond motifs is 1. The third kappa shape index (κ3) is 2.57. The standard InChI is InChI=1S/C20H11BrN2O2/c21-16-7-3-1-6-15(16)18-9-10-19(25-18)20(24)23-12-13(11-22)14-5-2-4-8-17(14)23/h1-10,12H. The molecule has 0 saturated carbocycles. The SMILES string of the molecule is N#Cc1cn(C(=O)c2ccc(-c3ccccc3Br)o2)c2ccccc12. The average molecular weight is 391 g/mol. The van der Waals surface area contributed by atoms with E-state index in [1.807, 2.05) is 48.5 Å². The number of rotatable bonds is 2. The molecule has 0 fully saturated rings. The summed E-state index contributed by atoms with van der Waals surface area (Å²) in [7, 11) is 0. The van der Waals surface area contributed by atoms with Crippen LogP contribution in [0.4, 0.5) is 0 Å². The molecule has 0 N–H and O–H groups in total. The van der Waals surface area contributed by atoms with Crippen LogP contribution in [0, 0.1) is 11.3 Å². The van der Waals surface area contributed by atoms with Crippen LogP contribution in [0.3, 0.4) is 0 Å². The van der Waals surface area contributed by atoms with Gasteiger partial charge in [-0.05, 0) is 24.3 Å². The van der Waals surface area contributed by atoms with E-state index in [0.717, 1.165) is 15.4 Å². The highest BCUT2D eigenvalue weighted by Crippen LogP contribution is 2.30. The highest BCUT2D eigenvalue weighted by molar-refractivity contribution is 9.10. The number of hydrogen-bond acceptors (Lipinski definition) is 3. The first-order valence-electron chi connectivity index (χ1n) is 7.58. The van der Waals surface area contributed by atoms with Crippen molar-refractivity contribution >= 4 is 32.7 Å². The van der Waals surface area contributed by atoms with E-state index >= 15 is 0 Å². The highest BCUT2D eigenvalue weighted by Gasteiger charge is 2.19. The lowest BCUT2D eigenvalue weighted by molar-refractivity contribution is 0.0938. The predicted molar refractivity (Wildman–Crippen MR) is 98.2 cm³/mol. The summed E-state index contributed by atoms with van der Waals surface area (Å²) in [5.74, 6) is 0.514. The molecule has 120 valence electrons. The Morgan fingerprint density at radius 2 is 1.80 bits per heavy atom. The van der Waals surface area contributed by atoms with E-state index in [9.17, 15) is 10.1 Å². The number of carbonyl (C=O) groups excluding carboxylic acids is 1. The maximum Gasteiger partial charge on any atom is 0.298 e. The molecule has 4 rings (SSSR count). The lowest BCUT2D eigenvalue weighted by Gasteiger charge is -2.02. The average Bonchev–Trinajstić information content (AvgIpc) is 3.26. The Labute approximate surface area is 152 Å². The molecule has 0 spiro atoms. The number of carbonyl (C=O) groups is 1. The van der Waals surface area contributed by atoms with Crippen molar-refractivity contribution in [2.75, 3.05) is 0 Å². The fourth-order valence-corrected chi connectivity index (χ4v) is 3.29. The van der Waals surface area contributed by atoms with Gasteiger partial charge in [-0.15, -0.1) is 0 Å². The van der Waals surface area contributed by atoms with Gasteiger partial charge < -0.3 is 4.42 Å². The molecule has 0 atom stereocenters. The summed E-state index contributed by atoms with van der Waals surface area (Å²) in [4.78, 5) is 12.9. The van der Waals surface area contributed by atoms with Crippen molar-refractivity contribution in [3.05, 3.63) is 82.7 Å². The molecule has 0 saturated heterocycles. The molecule has 4 nitrogen and oxygen atoms in total. The summed E-state index contributed by atoms with van der Waals surface area (Å²) < 4.78 is 8.12. The minimum atomic E-state index is -0.309. The fraction of sp³-hybridized carbons (Fsp3) is 0. The van der Waals surface area contributed by atoms with Crippen LogP contribution in [-0.4, -0.2) is 10.5 Å². The summed E-state index contributed by atoms with van der Waals surface area (Å²) >= 11 is 3.48. The molecule has 4 aromatic rings. The first kappa shape index (κ1) is 15.4. The fourth-order valence-electron chi connectivity index (χ4n) is 2.81. The maximum atomic E-state index is 12.9. The van der Waals surface area contributed by atoms with E-state index < -0.39 is 0 Å². The molecule has 0 aliphatic carbocycles. The van der Waals surface area contributed by atoms with E-state index in [0.29, 0.717) is 16.8 Å². The molecule has 0 radical (unpaired) electrons. The van der Waals surface area contributed by atoms with Crippen molar-refractivity contribution in [3.8, 4) is 17.4 Å². The maximum absolute atomic E-state index is 12.9. The minimum Gasteiger partial charge on any atom is -0.451 e. The lowest BCUT2D eigenvalue weighted by atomic mass is 10.2. The number of nitrogens with zero attached hydrogens (tertiary/aromatic N) is 2. The van der Waals surface area contributed by atoms with Crippen molar-refractivity contribution in [3.63, 3.8) is 0 Å². The van der Waals surface area contributed by atoms with Gasteiger partial charge in [0.25, 0.3) is 5.91 Å². The summed E-state index contributed by atoms with van der Waals surface area (Å²) in [6.45, 7) is 0. The van der Waals surface area contributed by atoms with Crippen molar-refractivity contribution in [1.82, 2.24) is 4.57 Å².